The Labute approximate surface area is 103 Å². The second-order valence-corrected chi connectivity index (χ2v) is 5.62. The van der Waals surface area contributed by atoms with Gasteiger partial charge in [0.05, 0.1) is 0 Å². The van der Waals surface area contributed by atoms with Crippen LogP contribution in [0.15, 0.2) is 0 Å². The van der Waals surface area contributed by atoms with Crippen LogP contribution in [0.5, 0.6) is 0 Å². The minimum absolute atomic E-state index is 0.296. The van der Waals surface area contributed by atoms with Crippen molar-refractivity contribution in [3.63, 3.8) is 0 Å². The first-order valence-corrected chi connectivity index (χ1v) is 6.34. The van der Waals surface area contributed by atoms with E-state index in [0.29, 0.717) is 12.5 Å². The minimum atomic E-state index is -1.32. The lowest BCUT2D eigenvalue weighted by molar-refractivity contribution is -0.157. The molecule has 1 saturated carbocycles. The van der Waals surface area contributed by atoms with Gasteiger partial charge >= 0.3 is 5.97 Å². The molecule has 0 saturated heterocycles. The quantitative estimate of drug-likeness (QED) is 0.767. The van der Waals surface area contributed by atoms with Gasteiger partial charge in [-0.1, -0.05) is 19.3 Å². The van der Waals surface area contributed by atoms with Gasteiger partial charge in [-0.25, -0.2) is 0 Å². The summed E-state index contributed by atoms with van der Waals surface area (Å²) >= 11 is 0. The van der Waals surface area contributed by atoms with Crippen LogP contribution in [0.25, 0.3) is 0 Å². The highest BCUT2D eigenvalue weighted by Gasteiger charge is 2.38. The van der Waals surface area contributed by atoms with Crippen molar-refractivity contribution in [1.82, 2.24) is 4.90 Å². The van der Waals surface area contributed by atoms with Crippen LogP contribution in [0, 0.1) is 11.3 Å². The standard InChI is InChI=1S/C13H23NO3/c1-13(2,12(16)17)11(15)14(3)9-10-7-5-4-6-8-10/h10H,4-9H2,1-3H3,(H,16,17). The minimum Gasteiger partial charge on any atom is -0.480 e. The summed E-state index contributed by atoms with van der Waals surface area (Å²) in [6, 6.07) is 0. The Morgan fingerprint density at radius 2 is 1.76 bits per heavy atom. The van der Waals surface area contributed by atoms with Gasteiger partial charge in [-0.2, -0.15) is 0 Å². The predicted octanol–water partition coefficient (Wildman–Crippen LogP) is 2.14. The summed E-state index contributed by atoms with van der Waals surface area (Å²) in [4.78, 5) is 24.6. The fourth-order valence-electron chi connectivity index (χ4n) is 2.41. The summed E-state index contributed by atoms with van der Waals surface area (Å²) < 4.78 is 0. The smallest absolute Gasteiger partial charge is 0.318 e. The van der Waals surface area contributed by atoms with Gasteiger partial charge in [0.2, 0.25) is 5.91 Å². The van der Waals surface area contributed by atoms with Gasteiger partial charge in [0.25, 0.3) is 0 Å². The SMILES string of the molecule is CN(CC1CCCCC1)C(=O)C(C)(C)C(=O)O. The summed E-state index contributed by atoms with van der Waals surface area (Å²) in [5.41, 5.74) is -1.32. The van der Waals surface area contributed by atoms with E-state index in [4.69, 9.17) is 5.11 Å². The number of rotatable bonds is 4. The molecule has 0 spiro atoms. The number of carboxylic acids is 1. The third kappa shape index (κ3) is 3.45. The molecule has 0 heterocycles. The predicted molar refractivity (Wildman–Crippen MR) is 65.6 cm³/mol. The third-order valence-electron chi connectivity index (χ3n) is 3.67. The second kappa shape index (κ2) is 5.52. The van der Waals surface area contributed by atoms with Gasteiger partial charge in [-0.3, -0.25) is 9.59 Å². The lowest BCUT2D eigenvalue weighted by Crippen LogP contribution is -2.45. The highest BCUT2D eigenvalue weighted by molar-refractivity contribution is 6.00. The highest BCUT2D eigenvalue weighted by Crippen LogP contribution is 2.26. The summed E-state index contributed by atoms with van der Waals surface area (Å²) in [7, 11) is 1.71. The van der Waals surface area contributed by atoms with Crippen molar-refractivity contribution in [2.24, 2.45) is 11.3 Å². The van der Waals surface area contributed by atoms with E-state index >= 15 is 0 Å². The normalized spacial score (nSPS) is 17.8. The Morgan fingerprint density at radius 1 is 1.24 bits per heavy atom. The molecule has 1 aliphatic carbocycles. The molecule has 1 N–H and O–H groups in total. The van der Waals surface area contributed by atoms with Gasteiger partial charge in [0.1, 0.15) is 5.41 Å². The fraction of sp³-hybridized carbons (Fsp3) is 0.846. The molecule has 1 aliphatic rings. The van der Waals surface area contributed by atoms with E-state index in [-0.39, 0.29) is 5.91 Å². The van der Waals surface area contributed by atoms with Gasteiger partial charge in [-0.15, -0.1) is 0 Å². The molecule has 0 unspecified atom stereocenters. The molecule has 0 aliphatic heterocycles. The average Bonchev–Trinajstić information content (AvgIpc) is 2.29. The molecule has 0 aromatic carbocycles. The number of aliphatic carboxylic acids is 1. The number of nitrogens with zero attached hydrogens (tertiary/aromatic N) is 1. The fourth-order valence-corrected chi connectivity index (χ4v) is 2.41. The Balaban J connectivity index is 2.54. The van der Waals surface area contributed by atoms with Crippen molar-refractivity contribution in [2.45, 2.75) is 46.0 Å². The number of amides is 1. The van der Waals surface area contributed by atoms with Crippen LogP contribution in [0.3, 0.4) is 0 Å². The van der Waals surface area contributed by atoms with Gasteiger partial charge in [-0.05, 0) is 32.6 Å². The zero-order valence-electron chi connectivity index (χ0n) is 11.0. The summed E-state index contributed by atoms with van der Waals surface area (Å²) in [5, 5.41) is 9.02. The van der Waals surface area contributed by atoms with Crippen molar-refractivity contribution < 1.29 is 14.7 Å². The van der Waals surface area contributed by atoms with Crippen molar-refractivity contribution in [1.29, 1.82) is 0 Å². The topological polar surface area (TPSA) is 57.6 Å². The van der Waals surface area contributed by atoms with Crippen LogP contribution in [0.1, 0.15) is 46.0 Å². The van der Waals surface area contributed by atoms with E-state index in [2.05, 4.69) is 0 Å². The second-order valence-electron chi connectivity index (χ2n) is 5.62. The molecule has 0 radical (unpaired) electrons. The molecule has 0 bridgehead atoms. The third-order valence-corrected chi connectivity index (χ3v) is 3.67. The van der Waals surface area contributed by atoms with Crippen LogP contribution >= 0.6 is 0 Å². The lowest BCUT2D eigenvalue weighted by Gasteiger charge is -2.30. The van der Waals surface area contributed by atoms with Crippen molar-refractivity contribution in [3.05, 3.63) is 0 Å². The maximum Gasteiger partial charge on any atom is 0.318 e. The number of carboxylic acid groups (broad SMARTS) is 1. The molecule has 4 heteroatoms. The van der Waals surface area contributed by atoms with E-state index in [9.17, 15) is 9.59 Å². The number of carbonyl (C=O) groups is 2. The molecule has 1 amide bonds. The van der Waals surface area contributed by atoms with E-state index in [1.165, 1.54) is 33.1 Å². The molecular weight excluding hydrogens is 218 g/mol. The molecule has 0 atom stereocenters. The van der Waals surface area contributed by atoms with Crippen LogP contribution in [0.4, 0.5) is 0 Å². The number of carbonyl (C=O) groups excluding carboxylic acids is 1. The van der Waals surface area contributed by atoms with Gasteiger partial charge in [0, 0.05) is 13.6 Å². The number of hydrogen-bond acceptors (Lipinski definition) is 2. The maximum absolute atomic E-state index is 12.0. The lowest BCUT2D eigenvalue weighted by atomic mass is 9.87. The molecule has 1 rings (SSSR count). The molecule has 98 valence electrons. The number of hydrogen-bond donors (Lipinski definition) is 1. The molecule has 0 aromatic heterocycles. The summed E-state index contributed by atoms with van der Waals surface area (Å²) in [5.74, 6) is -0.809. The van der Waals surface area contributed by atoms with Gasteiger partial charge < -0.3 is 10.0 Å². The molecular formula is C13H23NO3. The Hall–Kier alpha value is -1.06. The maximum atomic E-state index is 12.0. The summed E-state index contributed by atoms with van der Waals surface area (Å²) in [6.07, 6.45) is 6.06. The van der Waals surface area contributed by atoms with Gasteiger partial charge in [0.15, 0.2) is 0 Å². The first kappa shape index (κ1) is 14.0. The van der Waals surface area contributed by atoms with Crippen molar-refractivity contribution >= 4 is 11.9 Å². The Morgan fingerprint density at radius 3 is 2.24 bits per heavy atom. The van der Waals surface area contributed by atoms with Crippen molar-refractivity contribution in [2.75, 3.05) is 13.6 Å². The first-order chi connectivity index (χ1) is 7.85. The monoisotopic (exact) mass is 241 g/mol. The van der Waals surface area contributed by atoms with E-state index in [1.54, 1.807) is 11.9 Å². The summed E-state index contributed by atoms with van der Waals surface area (Å²) in [6.45, 7) is 3.62. The molecule has 17 heavy (non-hydrogen) atoms. The largest absolute Gasteiger partial charge is 0.480 e. The molecule has 1 fully saturated rings. The molecule has 4 nitrogen and oxygen atoms in total. The van der Waals surface area contributed by atoms with Crippen LogP contribution < -0.4 is 0 Å². The van der Waals surface area contributed by atoms with Crippen LogP contribution in [-0.4, -0.2) is 35.5 Å². The highest BCUT2D eigenvalue weighted by atomic mass is 16.4. The molecule has 0 aromatic rings. The Bertz CT molecular complexity index is 293. The zero-order valence-corrected chi connectivity index (χ0v) is 11.0. The van der Waals surface area contributed by atoms with Crippen molar-refractivity contribution in [3.8, 4) is 0 Å². The first-order valence-electron chi connectivity index (χ1n) is 6.34. The van der Waals surface area contributed by atoms with E-state index < -0.39 is 11.4 Å². The Kier molecular flexibility index (Phi) is 4.54. The van der Waals surface area contributed by atoms with E-state index in [1.807, 2.05) is 0 Å². The van der Waals surface area contributed by atoms with E-state index in [0.717, 1.165) is 12.8 Å². The zero-order chi connectivity index (χ0) is 13.1. The van der Waals surface area contributed by atoms with Crippen LogP contribution in [-0.2, 0) is 9.59 Å². The average molecular weight is 241 g/mol. The van der Waals surface area contributed by atoms with Crippen LogP contribution in [0.2, 0.25) is 0 Å².